The molecule has 0 N–H and O–H groups in total. The largest absolute Gasteiger partial charge is 0.336 e. The van der Waals surface area contributed by atoms with Crippen molar-refractivity contribution in [2.24, 2.45) is 0 Å². The molecule has 0 radical (unpaired) electrons. The van der Waals surface area contributed by atoms with E-state index in [1.807, 2.05) is 0 Å². The van der Waals surface area contributed by atoms with Crippen molar-refractivity contribution in [3.8, 4) is 0 Å². The number of nitrogens with zero attached hydrogens (tertiary/aromatic N) is 4. The van der Waals surface area contributed by atoms with Crippen molar-refractivity contribution in [2.45, 2.75) is 123 Å². The Balaban J connectivity index is 1.71. The van der Waals surface area contributed by atoms with Crippen molar-refractivity contribution in [1.29, 1.82) is 0 Å². The van der Waals surface area contributed by atoms with Crippen LogP contribution in [-0.4, -0.2) is 108 Å². The summed E-state index contributed by atoms with van der Waals surface area (Å²) < 4.78 is 1.64. The minimum absolute atomic E-state index is 0.279. The van der Waals surface area contributed by atoms with Crippen LogP contribution in [0, 0.1) is 0 Å². The molecule has 0 spiro atoms. The molecule has 3 aliphatic rings. The van der Waals surface area contributed by atoms with Crippen molar-refractivity contribution in [1.82, 2.24) is 9.80 Å². The molecule has 0 aromatic heterocycles. The van der Waals surface area contributed by atoms with Gasteiger partial charge in [0.2, 0.25) is 17.4 Å². The molecule has 3 aliphatic heterocycles. The maximum Gasteiger partial charge on any atom is 0.222 e. The number of quaternary nitrogens is 2. The average molecular weight is 551 g/mol. The molecule has 0 aromatic rings. The zero-order chi connectivity index (χ0) is 28.2. The Morgan fingerprint density at radius 2 is 1.23 bits per heavy atom. The summed E-state index contributed by atoms with van der Waals surface area (Å²) in [5.41, 5.74) is -0.311. The molecular formula is C32H62N4O3+2. The number of likely N-dealkylation sites (N-methyl/N-ethyl adjacent to an activating group) is 2. The summed E-state index contributed by atoms with van der Waals surface area (Å²) >= 11 is 0. The van der Waals surface area contributed by atoms with Crippen molar-refractivity contribution in [3.05, 3.63) is 0 Å². The predicted molar refractivity (Wildman–Crippen MR) is 159 cm³/mol. The quantitative estimate of drug-likeness (QED) is 0.0771. The highest BCUT2D eigenvalue weighted by Gasteiger charge is 2.62. The van der Waals surface area contributed by atoms with Crippen LogP contribution in [0.3, 0.4) is 0 Å². The highest BCUT2D eigenvalue weighted by molar-refractivity contribution is 5.79. The Morgan fingerprint density at radius 3 is 1.62 bits per heavy atom. The van der Waals surface area contributed by atoms with E-state index in [1.165, 1.54) is 70.9 Å². The van der Waals surface area contributed by atoms with Crippen LogP contribution in [0.5, 0.6) is 0 Å². The highest BCUT2D eigenvalue weighted by Crippen LogP contribution is 2.37. The molecule has 0 unspecified atom stereocenters. The van der Waals surface area contributed by atoms with Gasteiger partial charge in [-0.1, -0.05) is 64.7 Å². The van der Waals surface area contributed by atoms with Crippen LogP contribution in [-0.2, 0) is 14.4 Å². The normalized spacial score (nSPS) is 19.5. The van der Waals surface area contributed by atoms with Gasteiger partial charge < -0.3 is 14.3 Å². The Hall–Kier alpha value is -1.18. The van der Waals surface area contributed by atoms with Crippen LogP contribution < -0.4 is 0 Å². The Morgan fingerprint density at radius 1 is 0.744 bits per heavy atom. The molecule has 3 rings (SSSR count). The summed E-state index contributed by atoms with van der Waals surface area (Å²) in [6.07, 6.45) is 16.4. The van der Waals surface area contributed by atoms with E-state index in [-0.39, 0.29) is 17.4 Å². The average Bonchev–Trinajstić information content (AvgIpc) is 3.43. The molecule has 0 aromatic carbocycles. The fourth-order valence-electron chi connectivity index (χ4n) is 7.38. The third-order valence-corrected chi connectivity index (χ3v) is 10.2. The van der Waals surface area contributed by atoms with E-state index in [9.17, 15) is 9.59 Å². The first-order chi connectivity index (χ1) is 18.9. The van der Waals surface area contributed by atoms with Gasteiger partial charge in [-0.25, -0.2) is 4.84 Å². The predicted octanol–water partition coefficient (Wildman–Crippen LogP) is 5.53. The van der Waals surface area contributed by atoms with Gasteiger partial charge in [0.05, 0.1) is 19.6 Å². The first-order valence-electron chi connectivity index (χ1n) is 16.8. The van der Waals surface area contributed by atoms with Crippen molar-refractivity contribution < 1.29 is 23.6 Å². The van der Waals surface area contributed by atoms with Gasteiger partial charge in [-0.15, -0.1) is 0 Å². The van der Waals surface area contributed by atoms with Crippen LogP contribution >= 0.6 is 0 Å². The molecule has 7 nitrogen and oxygen atoms in total. The number of hydrogen-bond acceptors (Lipinski definition) is 3. The third kappa shape index (κ3) is 8.65. The summed E-state index contributed by atoms with van der Waals surface area (Å²) in [5, 5.41) is 0. The van der Waals surface area contributed by atoms with Crippen molar-refractivity contribution in [3.63, 3.8) is 0 Å². The first kappa shape index (κ1) is 32.3. The number of carbonyl (C=O) groups excluding carboxylic acids is 2. The first-order valence-corrected chi connectivity index (χ1v) is 16.8. The zero-order valence-corrected chi connectivity index (χ0v) is 26.2. The Bertz CT molecular complexity index is 722. The second-order valence-corrected chi connectivity index (χ2v) is 12.9. The monoisotopic (exact) mass is 550 g/mol. The van der Waals surface area contributed by atoms with E-state index in [4.69, 9.17) is 4.84 Å². The lowest BCUT2D eigenvalue weighted by molar-refractivity contribution is -1.15. The molecule has 3 saturated heterocycles. The van der Waals surface area contributed by atoms with Gasteiger partial charge >= 0.3 is 0 Å². The summed E-state index contributed by atoms with van der Waals surface area (Å²) in [7, 11) is 0. The summed E-state index contributed by atoms with van der Waals surface area (Å²) in [6, 6.07) is 0. The molecule has 0 saturated carbocycles. The lowest BCUT2D eigenvalue weighted by atomic mass is 9.92. The molecule has 39 heavy (non-hydrogen) atoms. The standard InChI is InChI=1S/C32H62N4O3/c1-5-9-10-11-12-13-14-15-16-17-26-39-36(7-3,8-4)32(29-35(6-2)24-25-35,27-33-22-18-20-30(33)37)28-34-23-19-21-31(34)38/h5-29H2,1-4H3/q+2. The second kappa shape index (κ2) is 15.7. The lowest BCUT2D eigenvalue weighted by Gasteiger charge is -2.52. The molecule has 0 bridgehead atoms. The summed E-state index contributed by atoms with van der Waals surface area (Å²) in [6.45, 7) is 19.2. The maximum absolute atomic E-state index is 13.0. The van der Waals surface area contributed by atoms with Gasteiger partial charge in [0.25, 0.3) is 0 Å². The SMILES string of the molecule is CCCCCCCCCCCCO[N+](CC)(CC)C(CN1CCCC1=O)(CN1CCCC1=O)C[N+]1(CC)CC1. The minimum Gasteiger partial charge on any atom is -0.336 e. The number of amides is 2. The smallest absolute Gasteiger partial charge is 0.222 e. The van der Waals surface area contributed by atoms with Gasteiger partial charge in [0, 0.05) is 25.9 Å². The number of rotatable bonds is 22. The minimum atomic E-state index is -0.311. The highest BCUT2D eigenvalue weighted by atomic mass is 16.7. The fraction of sp³-hybridized carbons (Fsp3) is 0.938. The van der Waals surface area contributed by atoms with Crippen LogP contribution in [0.25, 0.3) is 0 Å². The lowest BCUT2D eigenvalue weighted by Crippen LogP contribution is -2.75. The van der Waals surface area contributed by atoms with Crippen LogP contribution in [0.15, 0.2) is 0 Å². The molecule has 3 fully saturated rings. The summed E-state index contributed by atoms with van der Waals surface area (Å²) in [4.78, 5) is 37.2. The Kier molecular flexibility index (Phi) is 13.0. The van der Waals surface area contributed by atoms with Gasteiger partial charge in [0.15, 0.2) is 0 Å². The molecule has 0 aliphatic carbocycles. The molecule has 226 valence electrons. The molecular weight excluding hydrogens is 488 g/mol. The maximum atomic E-state index is 13.0. The van der Waals surface area contributed by atoms with Crippen LogP contribution in [0.2, 0.25) is 0 Å². The number of hydroxylamine groups is 3. The number of unbranched alkanes of at least 4 members (excludes halogenated alkanes) is 9. The molecule has 3 heterocycles. The van der Waals surface area contributed by atoms with E-state index in [0.29, 0.717) is 30.6 Å². The molecule has 7 heteroatoms. The van der Waals surface area contributed by atoms with E-state index in [2.05, 4.69) is 37.5 Å². The molecule has 2 amide bonds. The van der Waals surface area contributed by atoms with Crippen molar-refractivity contribution >= 4 is 11.8 Å². The van der Waals surface area contributed by atoms with Gasteiger partial charge in [0.1, 0.15) is 39.3 Å². The van der Waals surface area contributed by atoms with Crippen LogP contribution in [0.1, 0.15) is 118 Å². The molecule has 0 atom stereocenters. The second-order valence-electron chi connectivity index (χ2n) is 12.9. The zero-order valence-electron chi connectivity index (χ0n) is 26.2. The number of carbonyl (C=O) groups is 2. The van der Waals surface area contributed by atoms with E-state index in [1.54, 1.807) is 0 Å². The van der Waals surface area contributed by atoms with E-state index < -0.39 is 0 Å². The topological polar surface area (TPSA) is 49.9 Å². The number of likely N-dealkylation sites (tertiary alicyclic amines) is 2. The van der Waals surface area contributed by atoms with Gasteiger partial charge in [-0.05, 0) is 40.0 Å². The van der Waals surface area contributed by atoms with E-state index >= 15 is 0 Å². The van der Waals surface area contributed by atoms with Gasteiger partial charge in [-0.3, -0.25) is 9.59 Å². The van der Waals surface area contributed by atoms with E-state index in [0.717, 1.165) is 69.6 Å². The fourth-order valence-corrected chi connectivity index (χ4v) is 7.38. The van der Waals surface area contributed by atoms with Gasteiger partial charge in [-0.2, -0.15) is 4.65 Å². The van der Waals surface area contributed by atoms with Crippen molar-refractivity contribution in [2.75, 3.05) is 72.1 Å². The van der Waals surface area contributed by atoms with Crippen LogP contribution in [0.4, 0.5) is 0 Å². The number of hydrogen-bond donors (Lipinski definition) is 0. The summed E-state index contributed by atoms with van der Waals surface area (Å²) in [5.74, 6) is 0.557. The Labute approximate surface area is 240 Å². The third-order valence-electron chi connectivity index (χ3n) is 10.2.